The number of aromatic hydroxyl groups is 2. The monoisotopic (exact) mass is 340 g/mol. The second kappa shape index (κ2) is 9.27. The minimum atomic E-state index is -2.60. The van der Waals surface area contributed by atoms with Gasteiger partial charge in [-0.25, -0.2) is 17.6 Å². The maximum atomic E-state index is 11.9. The van der Waals surface area contributed by atoms with Crippen LogP contribution in [-0.4, -0.2) is 10.2 Å². The van der Waals surface area contributed by atoms with E-state index in [-0.39, 0.29) is 40.0 Å². The molecule has 2 N–H and O–H groups in total. The van der Waals surface area contributed by atoms with E-state index in [0.717, 1.165) is 0 Å². The molecule has 0 heterocycles. The number of hydrogen-bond donors (Lipinski definition) is 2. The molecule has 0 atom stereocenters. The molecule has 0 saturated heterocycles. The molecule has 0 aliphatic carbocycles. The third kappa shape index (κ3) is 6.07. The summed E-state index contributed by atoms with van der Waals surface area (Å²) in [5.74, 6) is -0.699. The molecule has 0 bridgehead atoms. The van der Waals surface area contributed by atoms with Crippen LogP contribution < -0.4 is 0 Å². The van der Waals surface area contributed by atoms with Crippen molar-refractivity contribution in [2.75, 3.05) is 0 Å². The molecule has 0 aromatic heterocycles. The summed E-state index contributed by atoms with van der Waals surface area (Å²) in [5.41, 5.74) is -0.634. The first-order valence-corrected chi connectivity index (χ1v) is 5.55. The molecule has 114 valence electrons. The Morgan fingerprint density at radius 1 is 0.619 bits per heavy atom. The predicted octanol–water partition coefficient (Wildman–Crippen LogP) is 4.66. The maximum Gasteiger partial charge on any atom is 0.267 e. The van der Waals surface area contributed by atoms with Gasteiger partial charge in [0.25, 0.3) is 12.9 Å². The average Bonchev–Trinajstić information content (AvgIpc) is 2.40. The summed E-state index contributed by atoms with van der Waals surface area (Å²) in [6.07, 6.45) is -5.19. The molecular formula is C14H12CrF4O2. The SMILES string of the molecule is Oc1ccccc1C(F)F.Oc1ccccc1C(F)F.[Cr]. The molecule has 0 amide bonds. The van der Waals surface area contributed by atoms with Crippen molar-refractivity contribution in [3.05, 3.63) is 59.7 Å². The number of halogens is 4. The molecule has 0 saturated carbocycles. The van der Waals surface area contributed by atoms with E-state index in [1.807, 2.05) is 0 Å². The molecule has 2 nitrogen and oxygen atoms in total. The van der Waals surface area contributed by atoms with E-state index in [4.69, 9.17) is 10.2 Å². The molecule has 2 aromatic carbocycles. The van der Waals surface area contributed by atoms with Crippen LogP contribution in [0.3, 0.4) is 0 Å². The summed E-state index contributed by atoms with van der Waals surface area (Å²) < 4.78 is 47.5. The molecular weight excluding hydrogens is 328 g/mol. The molecule has 2 rings (SSSR count). The summed E-state index contributed by atoms with van der Waals surface area (Å²) in [7, 11) is 0. The number of phenolic OH excluding ortho intramolecular Hbond substituents is 2. The molecule has 0 aliphatic rings. The van der Waals surface area contributed by atoms with Crippen LogP contribution in [0.5, 0.6) is 11.5 Å². The zero-order chi connectivity index (χ0) is 15.1. The Bertz CT molecular complexity index is 501. The summed E-state index contributed by atoms with van der Waals surface area (Å²) in [6, 6.07) is 10.8. The summed E-state index contributed by atoms with van der Waals surface area (Å²) in [4.78, 5) is 0. The molecule has 0 fully saturated rings. The maximum absolute atomic E-state index is 11.9. The van der Waals surface area contributed by atoms with E-state index in [9.17, 15) is 17.6 Å². The van der Waals surface area contributed by atoms with Crippen LogP contribution in [0.4, 0.5) is 17.6 Å². The van der Waals surface area contributed by atoms with Crippen molar-refractivity contribution in [2.45, 2.75) is 12.9 Å². The van der Waals surface area contributed by atoms with Crippen molar-refractivity contribution in [3.8, 4) is 11.5 Å². The van der Waals surface area contributed by atoms with Gasteiger partial charge in [-0.3, -0.25) is 0 Å². The number of hydrogen-bond acceptors (Lipinski definition) is 2. The molecule has 0 spiro atoms. The van der Waals surface area contributed by atoms with E-state index >= 15 is 0 Å². The second-order valence-electron chi connectivity index (χ2n) is 3.72. The number of alkyl halides is 4. The Hall–Kier alpha value is -1.71. The van der Waals surface area contributed by atoms with E-state index < -0.39 is 12.9 Å². The smallest absolute Gasteiger partial charge is 0.267 e. The van der Waals surface area contributed by atoms with Crippen LogP contribution in [0.1, 0.15) is 24.0 Å². The van der Waals surface area contributed by atoms with Crippen molar-refractivity contribution in [3.63, 3.8) is 0 Å². The fraction of sp³-hybridized carbons (Fsp3) is 0.143. The van der Waals surface area contributed by atoms with Gasteiger partial charge >= 0.3 is 0 Å². The minimum Gasteiger partial charge on any atom is -0.507 e. The van der Waals surface area contributed by atoms with Crippen molar-refractivity contribution in [1.82, 2.24) is 0 Å². The first-order valence-electron chi connectivity index (χ1n) is 5.55. The van der Waals surface area contributed by atoms with Crippen LogP contribution in [0, 0.1) is 0 Å². The van der Waals surface area contributed by atoms with Crippen LogP contribution in [0.15, 0.2) is 48.5 Å². The number of phenols is 2. The van der Waals surface area contributed by atoms with Crippen LogP contribution >= 0.6 is 0 Å². The number of rotatable bonds is 2. The van der Waals surface area contributed by atoms with Gasteiger partial charge in [0.15, 0.2) is 0 Å². The predicted molar refractivity (Wildman–Crippen MR) is 66.1 cm³/mol. The van der Waals surface area contributed by atoms with Gasteiger partial charge in [-0.2, -0.15) is 0 Å². The van der Waals surface area contributed by atoms with E-state index in [1.54, 1.807) is 0 Å². The minimum absolute atomic E-state index is 0. The molecule has 2 aromatic rings. The summed E-state index contributed by atoms with van der Waals surface area (Å²) in [6.45, 7) is 0. The zero-order valence-electron chi connectivity index (χ0n) is 10.6. The van der Waals surface area contributed by atoms with Gasteiger partial charge < -0.3 is 10.2 Å². The van der Waals surface area contributed by atoms with Crippen molar-refractivity contribution >= 4 is 0 Å². The third-order valence-electron chi connectivity index (χ3n) is 2.34. The van der Waals surface area contributed by atoms with Crippen LogP contribution in [0.2, 0.25) is 0 Å². The summed E-state index contributed by atoms with van der Waals surface area (Å²) in [5, 5.41) is 17.6. The topological polar surface area (TPSA) is 40.5 Å². The van der Waals surface area contributed by atoms with Crippen LogP contribution in [-0.2, 0) is 17.4 Å². The second-order valence-corrected chi connectivity index (χ2v) is 3.72. The van der Waals surface area contributed by atoms with Gasteiger partial charge in [-0.05, 0) is 24.3 Å². The first kappa shape index (κ1) is 19.3. The van der Waals surface area contributed by atoms with E-state index in [2.05, 4.69) is 0 Å². The summed E-state index contributed by atoms with van der Waals surface area (Å²) >= 11 is 0. The van der Waals surface area contributed by atoms with Gasteiger partial charge in [-0.1, -0.05) is 24.3 Å². The Balaban J connectivity index is 0.000000364. The zero-order valence-corrected chi connectivity index (χ0v) is 11.9. The quantitative estimate of drug-likeness (QED) is 0.781. The van der Waals surface area contributed by atoms with Crippen molar-refractivity contribution < 1.29 is 45.1 Å². The normalized spacial score (nSPS) is 9.81. The average molecular weight is 340 g/mol. The van der Waals surface area contributed by atoms with Gasteiger partial charge in [0.05, 0.1) is 11.1 Å². The number of benzene rings is 2. The number of para-hydroxylation sites is 2. The van der Waals surface area contributed by atoms with Gasteiger partial charge in [0.2, 0.25) is 0 Å². The van der Waals surface area contributed by atoms with Gasteiger partial charge in [0, 0.05) is 17.4 Å². The third-order valence-corrected chi connectivity index (χ3v) is 2.34. The molecule has 0 aliphatic heterocycles. The molecule has 7 heteroatoms. The Morgan fingerprint density at radius 3 is 1.10 bits per heavy atom. The van der Waals surface area contributed by atoms with Crippen LogP contribution in [0.25, 0.3) is 0 Å². The van der Waals surface area contributed by atoms with E-state index in [0.29, 0.717) is 0 Å². The van der Waals surface area contributed by atoms with Gasteiger partial charge in [0.1, 0.15) is 11.5 Å². The fourth-order valence-corrected chi connectivity index (χ4v) is 1.34. The molecule has 0 radical (unpaired) electrons. The Labute approximate surface area is 129 Å². The van der Waals surface area contributed by atoms with Gasteiger partial charge in [-0.15, -0.1) is 0 Å². The standard InChI is InChI=1S/2C7H6F2O.Cr/c2*8-7(9)5-3-1-2-4-6(5)10;/h2*1-4,7,10H;. The molecule has 21 heavy (non-hydrogen) atoms. The largest absolute Gasteiger partial charge is 0.507 e. The van der Waals surface area contributed by atoms with Crippen molar-refractivity contribution in [1.29, 1.82) is 0 Å². The first-order chi connectivity index (χ1) is 9.43. The fourth-order valence-electron chi connectivity index (χ4n) is 1.34. The van der Waals surface area contributed by atoms with Crippen molar-refractivity contribution in [2.24, 2.45) is 0 Å². The Kier molecular flexibility index (Phi) is 8.52. The molecule has 0 unspecified atom stereocenters. The Morgan fingerprint density at radius 2 is 0.905 bits per heavy atom. The van der Waals surface area contributed by atoms with E-state index in [1.165, 1.54) is 48.5 Å².